The molecule has 4 atom stereocenters. The smallest absolute Gasteiger partial charge is 0.229 e. The van der Waals surface area contributed by atoms with Crippen molar-refractivity contribution in [3.8, 4) is 0 Å². The molecule has 4 rings (SSSR count). The van der Waals surface area contributed by atoms with Gasteiger partial charge in [-0.15, -0.1) is 12.4 Å². The second-order valence-electron chi connectivity index (χ2n) is 7.57. The molecule has 3 fully saturated rings. The minimum atomic E-state index is -0.0811. The van der Waals surface area contributed by atoms with Crippen molar-refractivity contribution in [1.29, 1.82) is 0 Å². The van der Waals surface area contributed by atoms with Crippen LogP contribution in [0.1, 0.15) is 49.3 Å². The molecular weight excluding hydrogens is 336 g/mol. The van der Waals surface area contributed by atoms with Crippen LogP contribution in [-0.4, -0.2) is 42.6 Å². The van der Waals surface area contributed by atoms with E-state index in [4.69, 9.17) is 4.74 Å². The maximum Gasteiger partial charge on any atom is 0.229 e. The Morgan fingerprint density at radius 1 is 1.12 bits per heavy atom. The first kappa shape index (κ1) is 18.7. The van der Waals surface area contributed by atoms with Gasteiger partial charge in [-0.25, -0.2) is 0 Å². The van der Waals surface area contributed by atoms with E-state index in [0.717, 1.165) is 50.9 Å². The average Bonchev–Trinajstić information content (AvgIpc) is 2.88. The lowest BCUT2D eigenvalue weighted by molar-refractivity contribution is -0.148. The molecule has 25 heavy (non-hydrogen) atoms. The minimum Gasteiger partial charge on any atom is -0.373 e. The van der Waals surface area contributed by atoms with Crippen molar-refractivity contribution in [3.63, 3.8) is 0 Å². The van der Waals surface area contributed by atoms with Gasteiger partial charge in [0.1, 0.15) is 0 Å². The van der Waals surface area contributed by atoms with Crippen LogP contribution in [0.3, 0.4) is 0 Å². The van der Waals surface area contributed by atoms with Gasteiger partial charge >= 0.3 is 0 Å². The van der Waals surface area contributed by atoms with Gasteiger partial charge in [0, 0.05) is 25.2 Å². The Balaban J connectivity index is 0.00000182. The molecular formula is C20H29ClN2O2. The third kappa shape index (κ3) is 3.71. The predicted octanol–water partition coefficient (Wildman–Crippen LogP) is 3.24. The molecule has 0 saturated carbocycles. The fraction of sp³-hybridized carbons (Fsp3) is 0.650. The molecule has 2 bridgehead atoms. The first-order valence-corrected chi connectivity index (χ1v) is 9.45. The van der Waals surface area contributed by atoms with Gasteiger partial charge < -0.3 is 15.0 Å². The van der Waals surface area contributed by atoms with Gasteiger partial charge in [0.25, 0.3) is 0 Å². The zero-order chi connectivity index (χ0) is 16.5. The Bertz CT molecular complexity index is 578. The van der Waals surface area contributed by atoms with E-state index in [9.17, 15) is 4.79 Å². The average molecular weight is 365 g/mol. The fourth-order valence-electron chi connectivity index (χ4n) is 4.65. The summed E-state index contributed by atoms with van der Waals surface area (Å²) < 4.78 is 6.09. The second-order valence-corrected chi connectivity index (χ2v) is 7.57. The van der Waals surface area contributed by atoms with Gasteiger partial charge in [-0.1, -0.05) is 29.8 Å². The van der Waals surface area contributed by atoms with Crippen molar-refractivity contribution in [3.05, 3.63) is 35.4 Å². The quantitative estimate of drug-likeness (QED) is 0.875. The molecule has 1 N–H and O–H groups in total. The topological polar surface area (TPSA) is 41.6 Å². The molecule has 3 heterocycles. The standard InChI is InChI=1S/C20H28N2O2.ClH/c1-14-4-6-15(7-5-14)19-18(3-2-12-24-19)20(23)22-16-8-9-17(22)13-21-11-10-16;/h4-7,16-19,21H,2-3,8-13H2,1H3;1H. The highest BCUT2D eigenvalue weighted by atomic mass is 35.5. The van der Waals surface area contributed by atoms with Crippen LogP contribution in [-0.2, 0) is 9.53 Å². The monoisotopic (exact) mass is 364 g/mol. The number of aryl methyl sites for hydroxylation is 1. The lowest BCUT2D eigenvalue weighted by atomic mass is 9.87. The molecule has 5 heteroatoms. The molecule has 1 aromatic carbocycles. The Hall–Kier alpha value is -1.10. The molecule has 4 unspecified atom stereocenters. The van der Waals surface area contributed by atoms with Crippen LogP contribution in [0, 0.1) is 12.8 Å². The van der Waals surface area contributed by atoms with Crippen LogP contribution in [0.4, 0.5) is 0 Å². The molecule has 1 aromatic rings. The highest BCUT2D eigenvalue weighted by Gasteiger charge is 2.43. The number of amides is 1. The number of halogens is 1. The third-order valence-electron chi connectivity index (χ3n) is 5.95. The van der Waals surface area contributed by atoms with E-state index in [1.54, 1.807) is 0 Å². The Labute approximate surface area is 156 Å². The first-order valence-electron chi connectivity index (χ1n) is 9.45. The van der Waals surface area contributed by atoms with Crippen LogP contribution in [0.5, 0.6) is 0 Å². The molecule has 1 amide bonds. The lowest BCUT2D eigenvalue weighted by Gasteiger charge is -2.37. The SMILES string of the molecule is Cc1ccc(C2OCCCC2C(=O)N2C3CCNCC2CC3)cc1.Cl. The number of carbonyl (C=O) groups is 1. The summed E-state index contributed by atoms with van der Waals surface area (Å²) in [5.41, 5.74) is 2.40. The third-order valence-corrected chi connectivity index (χ3v) is 5.95. The van der Waals surface area contributed by atoms with Gasteiger partial charge in [0.2, 0.25) is 5.91 Å². The number of hydrogen-bond donors (Lipinski definition) is 1. The number of nitrogens with zero attached hydrogens (tertiary/aromatic N) is 1. The van der Waals surface area contributed by atoms with Crippen molar-refractivity contribution >= 4 is 18.3 Å². The molecule has 0 spiro atoms. The Morgan fingerprint density at radius 2 is 1.88 bits per heavy atom. The molecule has 138 valence electrons. The second kappa shape index (κ2) is 8.07. The van der Waals surface area contributed by atoms with Gasteiger partial charge in [-0.3, -0.25) is 4.79 Å². The summed E-state index contributed by atoms with van der Waals surface area (Å²) in [5.74, 6) is 0.305. The molecule has 0 aromatic heterocycles. The number of nitrogens with one attached hydrogen (secondary N) is 1. The van der Waals surface area contributed by atoms with Crippen LogP contribution < -0.4 is 5.32 Å². The highest BCUT2D eigenvalue weighted by molar-refractivity contribution is 5.85. The van der Waals surface area contributed by atoms with Crippen LogP contribution in [0.25, 0.3) is 0 Å². The summed E-state index contributed by atoms with van der Waals surface area (Å²) in [5, 5.41) is 3.49. The number of hydrogen-bond acceptors (Lipinski definition) is 3. The molecule has 4 nitrogen and oxygen atoms in total. The van der Waals surface area contributed by atoms with Crippen molar-refractivity contribution in [2.24, 2.45) is 5.92 Å². The molecule has 0 radical (unpaired) electrons. The van der Waals surface area contributed by atoms with Crippen molar-refractivity contribution in [2.75, 3.05) is 19.7 Å². The number of fused-ring (bicyclic) bond motifs is 2. The summed E-state index contributed by atoms with van der Waals surface area (Å²) in [6.45, 7) is 4.84. The number of rotatable bonds is 2. The summed E-state index contributed by atoms with van der Waals surface area (Å²) >= 11 is 0. The predicted molar refractivity (Wildman–Crippen MR) is 101 cm³/mol. The maximum absolute atomic E-state index is 13.4. The normalized spacial score (nSPS) is 32.0. The molecule has 3 saturated heterocycles. The van der Waals surface area contributed by atoms with Crippen molar-refractivity contribution in [1.82, 2.24) is 10.2 Å². The Kier molecular flexibility index (Phi) is 6.03. The molecule has 3 aliphatic rings. The van der Waals surface area contributed by atoms with E-state index in [0.29, 0.717) is 18.0 Å². The number of ether oxygens (including phenoxy) is 1. The zero-order valence-corrected chi connectivity index (χ0v) is 15.8. The Morgan fingerprint density at radius 3 is 2.68 bits per heavy atom. The van der Waals surface area contributed by atoms with E-state index in [1.165, 1.54) is 12.0 Å². The highest BCUT2D eigenvalue weighted by Crippen LogP contribution is 2.38. The van der Waals surface area contributed by atoms with Crippen LogP contribution >= 0.6 is 12.4 Å². The van der Waals surface area contributed by atoms with Crippen LogP contribution in [0.2, 0.25) is 0 Å². The summed E-state index contributed by atoms with van der Waals surface area (Å²) in [7, 11) is 0. The van der Waals surface area contributed by atoms with Crippen molar-refractivity contribution < 1.29 is 9.53 Å². The van der Waals surface area contributed by atoms with Gasteiger partial charge in [0.05, 0.1) is 12.0 Å². The minimum absolute atomic E-state index is 0. The zero-order valence-electron chi connectivity index (χ0n) is 14.9. The molecule has 0 aliphatic carbocycles. The van der Waals surface area contributed by atoms with E-state index in [-0.39, 0.29) is 24.4 Å². The number of benzene rings is 1. The van der Waals surface area contributed by atoms with Gasteiger partial charge in [0.15, 0.2) is 0 Å². The van der Waals surface area contributed by atoms with E-state index in [1.807, 2.05) is 0 Å². The van der Waals surface area contributed by atoms with Crippen molar-refractivity contribution in [2.45, 2.75) is 57.2 Å². The van der Waals surface area contributed by atoms with Crippen LogP contribution in [0.15, 0.2) is 24.3 Å². The summed E-state index contributed by atoms with van der Waals surface area (Å²) in [6, 6.07) is 9.31. The number of carbonyl (C=O) groups excluding carboxylic acids is 1. The fourth-order valence-corrected chi connectivity index (χ4v) is 4.65. The largest absolute Gasteiger partial charge is 0.373 e. The van der Waals surface area contributed by atoms with E-state index in [2.05, 4.69) is 41.4 Å². The molecule has 3 aliphatic heterocycles. The van der Waals surface area contributed by atoms with Gasteiger partial charge in [-0.2, -0.15) is 0 Å². The summed E-state index contributed by atoms with van der Waals surface area (Å²) in [4.78, 5) is 15.7. The summed E-state index contributed by atoms with van der Waals surface area (Å²) in [6.07, 6.45) is 5.25. The first-order chi connectivity index (χ1) is 11.7. The van der Waals surface area contributed by atoms with E-state index < -0.39 is 0 Å². The lowest BCUT2D eigenvalue weighted by Crippen LogP contribution is -2.47. The van der Waals surface area contributed by atoms with E-state index >= 15 is 0 Å². The maximum atomic E-state index is 13.4. The van der Waals surface area contributed by atoms with Gasteiger partial charge in [-0.05, 0) is 51.1 Å².